The smallest absolute Gasteiger partial charge is 0.407 e. The SMILES string of the molecule is O=C(O)N1CCN(C(=O)C(c2ccccc2F)C2(O)CCCCC2)CC1. The van der Waals surface area contributed by atoms with E-state index in [1.54, 1.807) is 23.1 Å². The molecule has 142 valence electrons. The third-order valence-electron chi connectivity index (χ3n) is 5.58. The van der Waals surface area contributed by atoms with Gasteiger partial charge in [0.15, 0.2) is 0 Å². The number of carbonyl (C=O) groups excluding carboxylic acids is 1. The Balaban J connectivity index is 1.87. The number of carboxylic acid groups (broad SMARTS) is 1. The summed E-state index contributed by atoms with van der Waals surface area (Å²) in [6, 6.07) is 6.12. The lowest BCUT2D eigenvalue weighted by Gasteiger charge is -2.42. The molecular formula is C19H25FN2O4. The van der Waals surface area contributed by atoms with Gasteiger partial charge in [-0.25, -0.2) is 9.18 Å². The number of nitrogens with zero attached hydrogens (tertiary/aromatic N) is 2. The van der Waals surface area contributed by atoms with E-state index in [9.17, 15) is 19.1 Å². The van der Waals surface area contributed by atoms with Crippen LogP contribution in [0.5, 0.6) is 0 Å². The van der Waals surface area contributed by atoms with Gasteiger partial charge >= 0.3 is 6.09 Å². The highest BCUT2D eigenvalue weighted by Gasteiger charge is 2.46. The lowest BCUT2D eigenvalue weighted by molar-refractivity contribution is -0.143. The Labute approximate surface area is 152 Å². The standard InChI is InChI=1S/C19H25FN2O4/c20-15-7-3-2-6-14(15)16(19(26)8-4-1-5-9-19)17(23)21-10-12-22(13-11-21)18(24)25/h2-3,6-7,16,26H,1,4-5,8-13H2,(H,24,25). The summed E-state index contributed by atoms with van der Waals surface area (Å²) in [5.41, 5.74) is -1.04. The normalized spacial score (nSPS) is 21.3. The molecule has 7 heteroatoms. The lowest BCUT2D eigenvalue weighted by Crippen LogP contribution is -2.54. The van der Waals surface area contributed by atoms with Crippen LogP contribution in [0.25, 0.3) is 0 Å². The molecule has 1 aromatic carbocycles. The first-order valence-corrected chi connectivity index (χ1v) is 9.16. The molecule has 1 atom stereocenters. The molecule has 1 aliphatic heterocycles. The molecule has 6 nitrogen and oxygen atoms in total. The first-order valence-electron chi connectivity index (χ1n) is 9.16. The van der Waals surface area contributed by atoms with Crippen molar-refractivity contribution in [1.29, 1.82) is 0 Å². The fraction of sp³-hybridized carbons (Fsp3) is 0.579. The molecule has 1 aromatic rings. The Morgan fingerprint density at radius 3 is 2.15 bits per heavy atom. The molecular weight excluding hydrogens is 339 g/mol. The van der Waals surface area contributed by atoms with E-state index < -0.39 is 23.4 Å². The van der Waals surface area contributed by atoms with Crippen molar-refractivity contribution < 1.29 is 24.2 Å². The maximum atomic E-state index is 14.5. The molecule has 1 saturated carbocycles. The largest absolute Gasteiger partial charge is 0.465 e. The molecule has 0 bridgehead atoms. The highest BCUT2D eigenvalue weighted by Crippen LogP contribution is 2.42. The Kier molecular flexibility index (Phi) is 5.46. The minimum Gasteiger partial charge on any atom is -0.465 e. The van der Waals surface area contributed by atoms with Crippen LogP contribution < -0.4 is 0 Å². The van der Waals surface area contributed by atoms with Gasteiger partial charge in [-0.3, -0.25) is 4.79 Å². The number of hydrogen-bond acceptors (Lipinski definition) is 3. The Bertz CT molecular complexity index is 667. The van der Waals surface area contributed by atoms with E-state index in [1.807, 2.05) is 0 Å². The molecule has 1 heterocycles. The monoisotopic (exact) mass is 364 g/mol. The maximum absolute atomic E-state index is 14.5. The molecule has 1 aliphatic carbocycles. The topological polar surface area (TPSA) is 81.1 Å². The van der Waals surface area contributed by atoms with E-state index >= 15 is 0 Å². The number of hydrogen-bond donors (Lipinski definition) is 2. The predicted octanol–water partition coefficient (Wildman–Crippen LogP) is 2.43. The molecule has 0 spiro atoms. The van der Waals surface area contributed by atoms with Crippen molar-refractivity contribution in [2.45, 2.75) is 43.6 Å². The van der Waals surface area contributed by atoms with E-state index in [0.29, 0.717) is 12.8 Å². The number of aliphatic hydroxyl groups is 1. The number of rotatable bonds is 3. The first kappa shape index (κ1) is 18.6. The van der Waals surface area contributed by atoms with Crippen molar-refractivity contribution in [3.05, 3.63) is 35.6 Å². The molecule has 2 fully saturated rings. The van der Waals surface area contributed by atoms with Crippen molar-refractivity contribution in [1.82, 2.24) is 9.80 Å². The fourth-order valence-electron chi connectivity index (χ4n) is 4.11. The summed E-state index contributed by atoms with van der Waals surface area (Å²) >= 11 is 0. The van der Waals surface area contributed by atoms with E-state index in [-0.39, 0.29) is 37.6 Å². The van der Waals surface area contributed by atoms with Crippen LogP contribution in [0.1, 0.15) is 43.6 Å². The van der Waals surface area contributed by atoms with Crippen LogP contribution in [0.15, 0.2) is 24.3 Å². The van der Waals surface area contributed by atoms with Gasteiger partial charge in [-0.2, -0.15) is 0 Å². The molecule has 2 amide bonds. The highest BCUT2D eigenvalue weighted by molar-refractivity contribution is 5.85. The summed E-state index contributed by atoms with van der Waals surface area (Å²) in [5, 5.41) is 20.3. The van der Waals surface area contributed by atoms with Crippen molar-refractivity contribution in [3.63, 3.8) is 0 Å². The maximum Gasteiger partial charge on any atom is 0.407 e. The van der Waals surface area contributed by atoms with Gasteiger partial charge < -0.3 is 20.0 Å². The van der Waals surface area contributed by atoms with Crippen LogP contribution in [0.4, 0.5) is 9.18 Å². The zero-order valence-electron chi connectivity index (χ0n) is 14.7. The second-order valence-corrected chi connectivity index (χ2v) is 7.21. The first-order chi connectivity index (χ1) is 12.4. The van der Waals surface area contributed by atoms with Gasteiger partial charge in [0.1, 0.15) is 5.82 Å². The molecule has 3 rings (SSSR count). The number of benzene rings is 1. The molecule has 2 aliphatic rings. The summed E-state index contributed by atoms with van der Waals surface area (Å²) < 4.78 is 14.5. The molecule has 1 unspecified atom stereocenters. The minimum absolute atomic E-state index is 0.225. The second-order valence-electron chi connectivity index (χ2n) is 7.21. The van der Waals surface area contributed by atoms with Crippen LogP contribution in [0.2, 0.25) is 0 Å². The summed E-state index contributed by atoms with van der Waals surface area (Å²) in [5.74, 6) is -1.76. The Morgan fingerprint density at radius 1 is 1.00 bits per heavy atom. The van der Waals surface area contributed by atoms with Gasteiger partial charge in [-0.05, 0) is 18.9 Å². The number of carbonyl (C=O) groups is 2. The summed E-state index contributed by atoms with van der Waals surface area (Å²) in [4.78, 5) is 27.1. The van der Waals surface area contributed by atoms with Crippen molar-refractivity contribution in [2.24, 2.45) is 0 Å². The van der Waals surface area contributed by atoms with Gasteiger partial charge in [0.2, 0.25) is 5.91 Å². The molecule has 2 N–H and O–H groups in total. The molecule has 1 saturated heterocycles. The third kappa shape index (κ3) is 3.67. The summed E-state index contributed by atoms with van der Waals surface area (Å²) in [6.45, 7) is 0.964. The molecule has 0 aromatic heterocycles. The van der Waals surface area contributed by atoms with Gasteiger partial charge in [0.25, 0.3) is 0 Å². The fourth-order valence-corrected chi connectivity index (χ4v) is 4.11. The summed E-state index contributed by atoms with van der Waals surface area (Å²) in [6.07, 6.45) is 2.54. The zero-order chi connectivity index (χ0) is 18.7. The van der Waals surface area contributed by atoms with Gasteiger partial charge in [-0.15, -0.1) is 0 Å². The van der Waals surface area contributed by atoms with Crippen LogP contribution in [-0.2, 0) is 4.79 Å². The van der Waals surface area contributed by atoms with Crippen molar-refractivity contribution in [2.75, 3.05) is 26.2 Å². The molecule has 0 radical (unpaired) electrons. The van der Waals surface area contributed by atoms with Crippen LogP contribution in [-0.4, -0.2) is 63.8 Å². The van der Waals surface area contributed by atoms with Crippen molar-refractivity contribution >= 4 is 12.0 Å². The number of amides is 2. The van der Waals surface area contributed by atoms with E-state index in [0.717, 1.165) is 19.3 Å². The third-order valence-corrected chi connectivity index (χ3v) is 5.58. The zero-order valence-corrected chi connectivity index (χ0v) is 14.7. The van der Waals surface area contributed by atoms with Gasteiger partial charge in [-0.1, -0.05) is 37.5 Å². The number of piperazine rings is 1. The second kappa shape index (κ2) is 7.61. The van der Waals surface area contributed by atoms with Crippen LogP contribution >= 0.6 is 0 Å². The minimum atomic E-state index is -1.26. The van der Waals surface area contributed by atoms with E-state index in [4.69, 9.17) is 5.11 Å². The van der Waals surface area contributed by atoms with Crippen molar-refractivity contribution in [3.8, 4) is 0 Å². The van der Waals surface area contributed by atoms with E-state index in [2.05, 4.69) is 0 Å². The van der Waals surface area contributed by atoms with Crippen LogP contribution in [0.3, 0.4) is 0 Å². The average Bonchev–Trinajstić information content (AvgIpc) is 2.64. The number of halogens is 1. The Morgan fingerprint density at radius 2 is 1.58 bits per heavy atom. The Hall–Kier alpha value is -2.15. The molecule has 26 heavy (non-hydrogen) atoms. The van der Waals surface area contributed by atoms with Gasteiger partial charge in [0, 0.05) is 31.7 Å². The van der Waals surface area contributed by atoms with Crippen LogP contribution in [0, 0.1) is 5.82 Å². The lowest BCUT2D eigenvalue weighted by atomic mass is 9.72. The predicted molar refractivity (Wildman–Crippen MR) is 93.4 cm³/mol. The highest BCUT2D eigenvalue weighted by atomic mass is 19.1. The summed E-state index contributed by atoms with van der Waals surface area (Å²) in [7, 11) is 0. The van der Waals surface area contributed by atoms with Gasteiger partial charge in [0.05, 0.1) is 11.5 Å². The quantitative estimate of drug-likeness (QED) is 0.863. The van der Waals surface area contributed by atoms with E-state index in [1.165, 1.54) is 11.0 Å². The average molecular weight is 364 g/mol.